The summed E-state index contributed by atoms with van der Waals surface area (Å²) < 4.78 is 10.6. The average molecular weight is 389 g/mol. The first-order valence-corrected chi connectivity index (χ1v) is 9.29. The fourth-order valence-corrected chi connectivity index (χ4v) is 3.08. The standard InChI is InChI=1S/C24H23NO4/c1-17-13-14-21(28-2)20(15-17)25-22(26)16-29-24(27)23(18-9-5-3-6-10-18)19-11-7-4-8-12-19/h3-15,23H,16H2,1-2H3,(H,25,26). The van der Waals surface area contributed by atoms with Crippen molar-refractivity contribution in [2.75, 3.05) is 19.0 Å². The third-order valence-electron chi connectivity index (χ3n) is 4.48. The number of carbonyl (C=O) groups is 2. The molecule has 0 aliphatic rings. The second-order valence-electron chi connectivity index (χ2n) is 6.61. The Morgan fingerprint density at radius 3 is 2.03 bits per heavy atom. The van der Waals surface area contributed by atoms with Crippen LogP contribution >= 0.6 is 0 Å². The van der Waals surface area contributed by atoms with Gasteiger partial charge in [0.1, 0.15) is 11.7 Å². The Morgan fingerprint density at radius 2 is 1.48 bits per heavy atom. The van der Waals surface area contributed by atoms with E-state index in [4.69, 9.17) is 9.47 Å². The number of ether oxygens (including phenoxy) is 2. The van der Waals surface area contributed by atoms with Gasteiger partial charge in [0.2, 0.25) is 0 Å². The van der Waals surface area contributed by atoms with E-state index in [1.54, 1.807) is 12.1 Å². The monoisotopic (exact) mass is 389 g/mol. The quantitative estimate of drug-likeness (QED) is 0.612. The molecule has 5 nitrogen and oxygen atoms in total. The van der Waals surface area contributed by atoms with Crippen molar-refractivity contribution >= 4 is 17.6 Å². The minimum absolute atomic E-state index is 0.383. The van der Waals surface area contributed by atoms with Gasteiger partial charge in [0.15, 0.2) is 6.61 Å². The van der Waals surface area contributed by atoms with E-state index in [1.165, 1.54) is 7.11 Å². The number of benzene rings is 3. The normalized spacial score (nSPS) is 10.4. The van der Waals surface area contributed by atoms with E-state index in [0.717, 1.165) is 16.7 Å². The van der Waals surface area contributed by atoms with E-state index < -0.39 is 17.8 Å². The molecule has 148 valence electrons. The van der Waals surface area contributed by atoms with Crippen LogP contribution in [0.1, 0.15) is 22.6 Å². The third-order valence-corrected chi connectivity index (χ3v) is 4.48. The van der Waals surface area contributed by atoms with Gasteiger partial charge < -0.3 is 14.8 Å². The van der Waals surface area contributed by atoms with Gasteiger partial charge in [-0.1, -0.05) is 66.7 Å². The number of hydrogen-bond acceptors (Lipinski definition) is 4. The SMILES string of the molecule is COc1ccc(C)cc1NC(=O)COC(=O)C(c1ccccc1)c1ccccc1. The van der Waals surface area contributed by atoms with Crippen LogP contribution in [0.3, 0.4) is 0 Å². The lowest BCUT2D eigenvalue weighted by Gasteiger charge is -2.17. The minimum atomic E-state index is -0.598. The topological polar surface area (TPSA) is 64.6 Å². The Labute approximate surface area is 170 Å². The molecule has 0 unspecified atom stereocenters. The Kier molecular flexibility index (Phi) is 6.63. The van der Waals surface area contributed by atoms with Crippen LogP contribution in [0.5, 0.6) is 5.75 Å². The maximum Gasteiger partial charge on any atom is 0.318 e. The van der Waals surface area contributed by atoms with E-state index >= 15 is 0 Å². The maximum atomic E-state index is 12.9. The van der Waals surface area contributed by atoms with Crippen LogP contribution in [-0.4, -0.2) is 25.6 Å². The second kappa shape index (κ2) is 9.55. The highest BCUT2D eigenvalue weighted by Crippen LogP contribution is 2.27. The summed E-state index contributed by atoms with van der Waals surface area (Å²) in [6.45, 7) is 1.53. The number of anilines is 1. The molecule has 0 fully saturated rings. The van der Waals surface area contributed by atoms with Gasteiger partial charge in [-0.05, 0) is 35.7 Å². The Hall–Kier alpha value is -3.60. The molecule has 1 amide bonds. The number of esters is 1. The number of amides is 1. The van der Waals surface area contributed by atoms with E-state index in [-0.39, 0.29) is 6.61 Å². The molecule has 29 heavy (non-hydrogen) atoms. The van der Waals surface area contributed by atoms with Crippen molar-refractivity contribution in [3.05, 3.63) is 95.6 Å². The van der Waals surface area contributed by atoms with E-state index in [1.807, 2.05) is 73.7 Å². The molecule has 3 rings (SSSR count). The molecule has 5 heteroatoms. The van der Waals surface area contributed by atoms with Gasteiger partial charge in [-0.2, -0.15) is 0 Å². The zero-order valence-electron chi connectivity index (χ0n) is 16.4. The Balaban J connectivity index is 1.71. The molecule has 3 aromatic carbocycles. The predicted molar refractivity (Wildman–Crippen MR) is 112 cm³/mol. The van der Waals surface area contributed by atoms with Crippen LogP contribution in [-0.2, 0) is 14.3 Å². The zero-order valence-corrected chi connectivity index (χ0v) is 16.4. The number of methoxy groups -OCH3 is 1. The first-order chi connectivity index (χ1) is 14.1. The molecule has 0 aliphatic carbocycles. The van der Waals surface area contributed by atoms with Gasteiger partial charge in [-0.3, -0.25) is 9.59 Å². The molecule has 0 radical (unpaired) electrons. The van der Waals surface area contributed by atoms with Crippen molar-refractivity contribution in [3.8, 4) is 5.75 Å². The van der Waals surface area contributed by atoms with Crippen molar-refractivity contribution in [2.24, 2.45) is 0 Å². The predicted octanol–water partition coefficient (Wildman–Crippen LogP) is 4.32. The minimum Gasteiger partial charge on any atom is -0.495 e. The van der Waals surface area contributed by atoms with E-state index in [2.05, 4.69) is 5.32 Å². The van der Waals surface area contributed by atoms with Crippen LogP contribution in [0.2, 0.25) is 0 Å². The van der Waals surface area contributed by atoms with Crippen molar-refractivity contribution in [3.63, 3.8) is 0 Å². The van der Waals surface area contributed by atoms with Gasteiger partial charge in [0, 0.05) is 0 Å². The molecule has 0 aromatic heterocycles. The van der Waals surface area contributed by atoms with Crippen LogP contribution in [0.25, 0.3) is 0 Å². The van der Waals surface area contributed by atoms with Crippen molar-refractivity contribution in [1.29, 1.82) is 0 Å². The highest BCUT2D eigenvalue weighted by Gasteiger charge is 2.25. The molecular formula is C24H23NO4. The fraction of sp³-hybridized carbons (Fsp3) is 0.167. The molecule has 0 aliphatic heterocycles. The van der Waals surface area contributed by atoms with Crippen LogP contribution in [0, 0.1) is 6.92 Å². The summed E-state index contributed by atoms with van der Waals surface area (Å²) >= 11 is 0. The maximum absolute atomic E-state index is 12.9. The van der Waals surface area contributed by atoms with E-state index in [0.29, 0.717) is 11.4 Å². The molecule has 0 heterocycles. The fourth-order valence-electron chi connectivity index (χ4n) is 3.08. The highest BCUT2D eigenvalue weighted by atomic mass is 16.5. The van der Waals surface area contributed by atoms with Crippen LogP contribution in [0.4, 0.5) is 5.69 Å². The second-order valence-corrected chi connectivity index (χ2v) is 6.61. The van der Waals surface area contributed by atoms with Gasteiger partial charge in [-0.25, -0.2) is 0 Å². The zero-order chi connectivity index (χ0) is 20.6. The lowest BCUT2D eigenvalue weighted by atomic mass is 9.91. The van der Waals surface area contributed by atoms with Crippen molar-refractivity contribution in [2.45, 2.75) is 12.8 Å². The molecule has 0 saturated heterocycles. The van der Waals surface area contributed by atoms with Gasteiger partial charge in [0.25, 0.3) is 5.91 Å². The van der Waals surface area contributed by atoms with Gasteiger partial charge >= 0.3 is 5.97 Å². The largest absolute Gasteiger partial charge is 0.495 e. The number of aryl methyl sites for hydroxylation is 1. The first-order valence-electron chi connectivity index (χ1n) is 9.29. The van der Waals surface area contributed by atoms with E-state index in [9.17, 15) is 9.59 Å². The molecule has 1 N–H and O–H groups in total. The number of nitrogens with one attached hydrogen (secondary N) is 1. The molecule has 0 atom stereocenters. The van der Waals surface area contributed by atoms with Gasteiger partial charge in [-0.15, -0.1) is 0 Å². The van der Waals surface area contributed by atoms with Crippen LogP contribution in [0.15, 0.2) is 78.9 Å². The first kappa shape index (κ1) is 20.1. The summed E-state index contributed by atoms with van der Waals surface area (Å²) in [5, 5.41) is 2.73. The lowest BCUT2D eigenvalue weighted by molar-refractivity contribution is -0.147. The van der Waals surface area contributed by atoms with Gasteiger partial charge in [0.05, 0.1) is 12.8 Å². The summed E-state index contributed by atoms with van der Waals surface area (Å²) in [7, 11) is 1.53. The molecule has 0 bridgehead atoms. The summed E-state index contributed by atoms with van der Waals surface area (Å²) in [4.78, 5) is 25.2. The number of rotatable bonds is 7. The third kappa shape index (κ3) is 5.23. The van der Waals surface area contributed by atoms with Crippen LogP contribution < -0.4 is 10.1 Å². The Bertz CT molecular complexity index is 931. The molecular weight excluding hydrogens is 366 g/mol. The lowest BCUT2D eigenvalue weighted by Crippen LogP contribution is -2.24. The molecule has 0 spiro atoms. The van der Waals surface area contributed by atoms with Crippen molar-refractivity contribution in [1.82, 2.24) is 0 Å². The smallest absolute Gasteiger partial charge is 0.318 e. The van der Waals surface area contributed by atoms with Crippen molar-refractivity contribution < 1.29 is 19.1 Å². The molecule has 3 aromatic rings. The molecule has 0 saturated carbocycles. The summed E-state index contributed by atoms with van der Waals surface area (Å²) in [6, 6.07) is 24.2. The number of carbonyl (C=O) groups excluding carboxylic acids is 2. The Morgan fingerprint density at radius 1 is 0.897 bits per heavy atom. The number of hydrogen-bond donors (Lipinski definition) is 1. The summed E-state index contributed by atoms with van der Waals surface area (Å²) in [5.41, 5.74) is 3.14. The summed E-state index contributed by atoms with van der Waals surface area (Å²) in [6.07, 6.45) is 0. The summed E-state index contributed by atoms with van der Waals surface area (Å²) in [5.74, 6) is -0.962. The highest BCUT2D eigenvalue weighted by molar-refractivity contribution is 5.95. The average Bonchev–Trinajstić information content (AvgIpc) is 2.74.